The van der Waals surface area contributed by atoms with Gasteiger partial charge in [0.2, 0.25) is 0 Å². The fourth-order valence-corrected chi connectivity index (χ4v) is 2.22. The Bertz CT molecular complexity index is 360. The summed E-state index contributed by atoms with van der Waals surface area (Å²) in [5.41, 5.74) is 7.89. The van der Waals surface area contributed by atoms with Crippen molar-refractivity contribution >= 4 is 5.69 Å². The van der Waals surface area contributed by atoms with Gasteiger partial charge in [-0.15, -0.1) is 9.60 Å². The van der Waals surface area contributed by atoms with Crippen molar-refractivity contribution in [3.8, 4) is 0 Å². The number of halogens is 1. The summed E-state index contributed by atoms with van der Waals surface area (Å²) in [6.45, 7) is 5.04. The molecule has 19 heavy (non-hydrogen) atoms. The van der Waals surface area contributed by atoms with Gasteiger partial charge in [0, 0.05) is 38.4 Å². The molecular weight excluding hydrogens is 243 g/mol. The van der Waals surface area contributed by atoms with Gasteiger partial charge in [0.25, 0.3) is 0 Å². The van der Waals surface area contributed by atoms with Crippen molar-refractivity contribution in [2.75, 3.05) is 44.2 Å². The lowest BCUT2D eigenvalue weighted by molar-refractivity contribution is 0.0200. The molecule has 4 nitrogen and oxygen atoms in total. The van der Waals surface area contributed by atoms with Crippen molar-refractivity contribution in [3.63, 3.8) is 0 Å². The molecular formula is C14H23FN4. The number of rotatable bonds is 6. The Morgan fingerprint density at radius 3 is 2.42 bits per heavy atom. The summed E-state index contributed by atoms with van der Waals surface area (Å²) < 4.78 is 12.9. The Balaban J connectivity index is 1.81. The largest absolute Gasteiger partial charge is 0.369 e. The van der Waals surface area contributed by atoms with Crippen molar-refractivity contribution in [3.05, 3.63) is 29.8 Å². The van der Waals surface area contributed by atoms with E-state index in [1.807, 2.05) is 0 Å². The number of nitrogens with two attached hydrogens (primary N) is 1. The van der Waals surface area contributed by atoms with Gasteiger partial charge in [-0.3, -0.25) is 0 Å². The molecule has 0 saturated carbocycles. The monoisotopic (exact) mass is 266 g/mol. The van der Waals surface area contributed by atoms with Gasteiger partial charge in [-0.05, 0) is 37.2 Å². The first kappa shape index (κ1) is 14.2. The van der Waals surface area contributed by atoms with Crippen LogP contribution in [0.25, 0.3) is 0 Å². The molecule has 0 aliphatic carbocycles. The predicted molar refractivity (Wildman–Crippen MR) is 76.7 cm³/mol. The van der Waals surface area contributed by atoms with Gasteiger partial charge in [-0.1, -0.05) is 12.1 Å². The number of nitrogens with zero attached hydrogens (tertiary/aromatic N) is 2. The van der Waals surface area contributed by atoms with Gasteiger partial charge in [0.15, 0.2) is 0 Å². The highest BCUT2D eigenvalue weighted by atomic mass is 19.2. The molecule has 0 atom stereocenters. The summed E-state index contributed by atoms with van der Waals surface area (Å²) in [6.07, 6.45) is 1.01. The first-order valence-corrected chi connectivity index (χ1v) is 6.95. The van der Waals surface area contributed by atoms with Crippen LogP contribution >= 0.6 is 0 Å². The smallest absolute Gasteiger partial charge is 0.0467 e. The third kappa shape index (κ3) is 4.45. The fraction of sp³-hybridized carbons (Fsp3) is 0.571. The van der Waals surface area contributed by atoms with E-state index in [1.165, 1.54) is 11.3 Å². The van der Waals surface area contributed by atoms with Gasteiger partial charge in [0.1, 0.15) is 0 Å². The molecule has 0 unspecified atom stereocenters. The topological polar surface area (TPSA) is 44.5 Å². The van der Waals surface area contributed by atoms with E-state index in [0.717, 1.165) is 44.3 Å². The average Bonchev–Trinajstić information content (AvgIpc) is 2.45. The van der Waals surface area contributed by atoms with Crippen molar-refractivity contribution < 1.29 is 4.48 Å². The quantitative estimate of drug-likeness (QED) is 0.598. The van der Waals surface area contributed by atoms with E-state index in [4.69, 9.17) is 5.73 Å². The molecule has 1 aliphatic rings. The molecule has 1 aromatic carbocycles. The predicted octanol–water partition coefficient (Wildman–Crippen LogP) is 1.13. The van der Waals surface area contributed by atoms with Crippen LogP contribution in [0, 0.1) is 0 Å². The van der Waals surface area contributed by atoms with Crippen molar-refractivity contribution in [2.24, 2.45) is 5.73 Å². The van der Waals surface area contributed by atoms with E-state index in [-0.39, 0.29) is 0 Å². The standard InChI is InChI=1S/C14H23FN4/c15-19-10-8-18(9-11-19)14-4-2-13(3-5-14)12-17-7-1-6-16/h2-5,17H,1,6-12,16H2. The molecule has 106 valence electrons. The minimum Gasteiger partial charge on any atom is -0.369 e. The third-order valence-electron chi connectivity index (χ3n) is 3.41. The Morgan fingerprint density at radius 2 is 1.79 bits per heavy atom. The van der Waals surface area contributed by atoms with E-state index in [1.54, 1.807) is 0 Å². The maximum atomic E-state index is 12.9. The summed E-state index contributed by atoms with van der Waals surface area (Å²) in [5, 5.41) is 4.24. The van der Waals surface area contributed by atoms with Gasteiger partial charge in [-0.25, -0.2) is 0 Å². The normalized spacial score (nSPS) is 16.8. The van der Waals surface area contributed by atoms with Crippen LogP contribution in [0.4, 0.5) is 10.2 Å². The second-order valence-corrected chi connectivity index (χ2v) is 4.88. The zero-order chi connectivity index (χ0) is 13.5. The molecule has 1 aliphatic heterocycles. The molecule has 0 spiro atoms. The molecule has 5 heteroatoms. The first-order valence-electron chi connectivity index (χ1n) is 6.95. The molecule has 2 rings (SSSR count). The summed E-state index contributed by atoms with van der Waals surface area (Å²) >= 11 is 0. The minimum atomic E-state index is 0.488. The lowest BCUT2D eigenvalue weighted by atomic mass is 10.2. The summed E-state index contributed by atoms with van der Waals surface area (Å²) in [4.78, 5) is 2.22. The molecule has 1 fully saturated rings. The SMILES string of the molecule is NCCCNCc1ccc(N2CCN(F)CC2)cc1. The van der Waals surface area contributed by atoms with Crippen LogP contribution in [0.1, 0.15) is 12.0 Å². The molecule has 3 N–H and O–H groups in total. The molecule has 0 bridgehead atoms. The molecule has 1 saturated heterocycles. The average molecular weight is 266 g/mol. The number of anilines is 1. The fourth-order valence-electron chi connectivity index (χ4n) is 2.22. The van der Waals surface area contributed by atoms with Crippen molar-refractivity contribution in [1.29, 1.82) is 0 Å². The molecule has 1 heterocycles. The highest BCUT2D eigenvalue weighted by molar-refractivity contribution is 5.48. The second-order valence-electron chi connectivity index (χ2n) is 4.88. The van der Waals surface area contributed by atoms with Crippen molar-refractivity contribution in [1.82, 2.24) is 10.4 Å². The van der Waals surface area contributed by atoms with Crippen LogP contribution in [-0.2, 0) is 6.54 Å². The van der Waals surface area contributed by atoms with E-state index in [9.17, 15) is 4.48 Å². The van der Waals surface area contributed by atoms with Crippen LogP contribution in [0.3, 0.4) is 0 Å². The highest BCUT2D eigenvalue weighted by Gasteiger charge is 2.16. The van der Waals surface area contributed by atoms with Crippen LogP contribution < -0.4 is 16.0 Å². The zero-order valence-corrected chi connectivity index (χ0v) is 11.3. The Labute approximate surface area is 114 Å². The van der Waals surface area contributed by atoms with Gasteiger partial charge < -0.3 is 16.0 Å². The minimum absolute atomic E-state index is 0.488. The van der Waals surface area contributed by atoms with Gasteiger partial charge >= 0.3 is 0 Å². The number of nitrogens with one attached hydrogen (secondary N) is 1. The first-order chi connectivity index (χ1) is 9.29. The summed E-state index contributed by atoms with van der Waals surface area (Å²) in [6, 6.07) is 8.50. The van der Waals surface area contributed by atoms with Crippen LogP contribution in [-0.4, -0.2) is 44.4 Å². The summed E-state index contributed by atoms with van der Waals surface area (Å²) in [5.74, 6) is 0. The third-order valence-corrected chi connectivity index (χ3v) is 3.41. The molecule has 0 amide bonds. The summed E-state index contributed by atoms with van der Waals surface area (Å²) in [7, 11) is 0. The lowest BCUT2D eigenvalue weighted by Gasteiger charge is -2.31. The van der Waals surface area contributed by atoms with Crippen LogP contribution in [0.2, 0.25) is 0 Å². The Kier molecular flexibility index (Phi) is 5.57. The lowest BCUT2D eigenvalue weighted by Crippen LogP contribution is -2.42. The molecule has 1 aromatic rings. The number of benzene rings is 1. The molecule has 0 radical (unpaired) electrons. The van der Waals surface area contributed by atoms with E-state index in [2.05, 4.69) is 34.5 Å². The highest BCUT2D eigenvalue weighted by Crippen LogP contribution is 2.17. The van der Waals surface area contributed by atoms with Gasteiger partial charge in [0.05, 0.1) is 0 Å². The maximum Gasteiger partial charge on any atom is 0.0467 e. The Morgan fingerprint density at radius 1 is 1.11 bits per heavy atom. The zero-order valence-electron chi connectivity index (χ0n) is 11.3. The maximum absolute atomic E-state index is 12.9. The number of hydrogen-bond donors (Lipinski definition) is 2. The van der Waals surface area contributed by atoms with E-state index in [0.29, 0.717) is 13.1 Å². The van der Waals surface area contributed by atoms with E-state index >= 15 is 0 Å². The van der Waals surface area contributed by atoms with Crippen LogP contribution in [0.5, 0.6) is 0 Å². The van der Waals surface area contributed by atoms with E-state index < -0.39 is 0 Å². The van der Waals surface area contributed by atoms with Gasteiger partial charge in [-0.2, -0.15) is 0 Å². The van der Waals surface area contributed by atoms with Crippen molar-refractivity contribution in [2.45, 2.75) is 13.0 Å². The number of piperazine rings is 1. The second kappa shape index (κ2) is 7.43. The van der Waals surface area contributed by atoms with Crippen LogP contribution in [0.15, 0.2) is 24.3 Å². The molecule has 0 aromatic heterocycles. The Hall–Kier alpha value is -1.17. The number of hydrogen-bond acceptors (Lipinski definition) is 4.